The van der Waals surface area contributed by atoms with Crippen molar-refractivity contribution in [1.29, 1.82) is 0 Å². The lowest BCUT2D eigenvalue weighted by atomic mass is 9.89. The number of likely N-dealkylation sites (tertiary alicyclic amines) is 1. The van der Waals surface area contributed by atoms with E-state index in [-0.39, 0.29) is 18.3 Å². The van der Waals surface area contributed by atoms with Crippen molar-refractivity contribution in [3.05, 3.63) is 107 Å². The van der Waals surface area contributed by atoms with Gasteiger partial charge in [0.05, 0.1) is 0 Å². The van der Waals surface area contributed by atoms with E-state index >= 15 is 0 Å². The summed E-state index contributed by atoms with van der Waals surface area (Å²) in [5.74, 6) is 0.741. The monoisotopic (exact) mass is 420 g/mol. The number of benzene rings is 3. The smallest absolute Gasteiger partial charge is 0.254 e. The van der Waals surface area contributed by atoms with E-state index < -0.39 is 0 Å². The molecule has 1 amide bonds. The summed E-state index contributed by atoms with van der Waals surface area (Å²) in [6, 6.07) is 28.9. The Balaban J connectivity index is 0.00000256. The van der Waals surface area contributed by atoms with Gasteiger partial charge in [0.25, 0.3) is 5.91 Å². The van der Waals surface area contributed by atoms with Crippen molar-refractivity contribution in [3.8, 4) is 0 Å². The molecule has 0 aliphatic carbocycles. The van der Waals surface area contributed by atoms with E-state index in [0.29, 0.717) is 18.4 Å². The molecule has 156 valence electrons. The molecule has 3 aromatic rings. The number of amides is 1. The van der Waals surface area contributed by atoms with E-state index in [1.54, 1.807) is 0 Å². The number of aryl methyl sites for hydroxylation is 2. The maximum atomic E-state index is 13.4. The third-order valence-electron chi connectivity index (χ3n) is 6.03. The van der Waals surface area contributed by atoms with E-state index in [9.17, 15) is 4.79 Å². The second-order valence-corrected chi connectivity index (χ2v) is 7.87. The van der Waals surface area contributed by atoms with Gasteiger partial charge in [0, 0.05) is 24.6 Å². The van der Waals surface area contributed by atoms with Crippen molar-refractivity contribution < 1.29 is 4.79 Å². The fourth-order valence-corrected chi connectivity index (χ4v) is 4.39. The number of halogens is 1. The van der Waals surface area contributed by atoms with Crippen molar-refractivity contribution in [2.24, 2.45) is 11.7 Å². The highest BCUT2D eigenvalue weighted by Gasteiger charge is 2.35. The lowest BCUT2D eigenvalue weighted by Crippen LogP contribution is -2.30. The quantitative estimate of drug-likeness (QED) is 0.627. The molecule has 1 saturated heterocycles. The molecule has 0 saturated carbocycles. The number of nitrogens with zero attached hydrogens (tertiary/aromatic N) is 1. The zero-order valence-electron chi connectivity index (χ0n) is 17.1. The molecular weight excluding hydrogens is 392 g/mol. The van der Waals surface area contributed by atoms with E-state index in [1.807, 2.05) is 35.2 Å². The summed E-state index contributed by atoms with van der Waals surface area (Å²) >= 11 is 0. The number of nitrogens with two attached hydrogens (primary N) is 1. The maximum Gasteiger partial charge on any atom is 0.254 e. The third-order valence-corrected chi connectivity index (χ3v) is 6.03. The van der Waals surface area contributed by atoms with Gasteiger partial charge in [0.15, 0.2) is 0 Å². The standard InChI is InChI=1S/C26H28N2O.ClH/c27-17-23-18-28(19-25(23)21-11-5-2-6-12-21)26(29)24-14-8-7-13-22(24)16-15-20-9-3-1-4-10-20;/h1-14,23,25H,15-19,27H2;1H/t23-,25+;/m1./s1. The molecule has 1 aliphatic rings. The molecule has 2 N–H and O–H groups in total. The van der Waals surface area contributed by atoms with Crippen LogP contribution in [0.3, 0.4) is 0 Å². The first-order chi connectivity index (χ1) is 14.3. The zero-order chi connectivity index (χ0) is 20.1. The molecule has 3 nitrogen and oxygen atoms in total. The van der Waals surface area contributed by atoms with Crippen molar-refractivity contribution >= 4 is 18.3 Å². The summed E-state index contributed by atoms with van der Waals surface area (Å²) in [5, 5.41) is 0. The van der Waals surface area contributed by atoms with Crippen LogP contribution in [0.25, 0.3) is 0 Å². The first-order valence-electron chi connectivity index (χ1n) is 10.4. The normalized spacial score (nSPS) is 18.1. The minimum absolute atomic E-state index is 0. The van der Waals surface area contributed by atoms with Crippen LogP contribution in [0.5, 0.6) is 0 Å². The van der Waals surface area contributed by atoms with Gasteiger partial charge in [0.1, 0.15) is 0 Å². The molecule has 2 atom stereocenters. The van der Waals surface area contributed by atoms with E-state index in [4.69, 9.17) is 5.73 Å². The van der Waals surface area contributed by atoms with Crippen LogP contribution in [-0.4, -0.2) is 30.4 Å². The highest BCUT2D eigenvalue weighted by molar-refractivity contribution is 5.96. The third kappa shape index (κ3) is 4.92. The predicted molar refractivity (Wildman–Crippen MR) is 125 cm³/mol. The zero-order valence-corrected chi connectivity index (χ0v) is 17.9. The Kier molecular flexibility index (Phi) is 7.67. The number of hydrogen-bond donors (Lipinski definition) is 1. The number of rotatable bonds is 6. The first kappa shape index (κ1) is 22.1. The maximum absolute atomic E-state index is 13.4. The summed E-state index contributed by atoms with van der Waals surface area (Å²) in [6.45, 7) is 2.05. The van der Waals surface area contributed by atoms with Gasteiger partial charge < -0.3 is 10.6 Å². The van der Waals surface area contributed by atoms with Crippen LogP contribution in [0, 0.1) is 5.92 Å². The van der Waals surface area contributed by atoms with Crippen LogP contribution in [0.1, 0.15) is 33.0 Å². The van der Waals surface area contributed by atoms with Crippen LogP contribution in [-0.2, 0) is 12.8 Å². The van der Waals surface area contributed by atoms with Crippen molar-refractivity contribution in [2.75, 3.05) is 19.6 Å². The molecule has 1 fully saturated rings. The Morgan fingerprint density at radius 3 is 2.17 bits per heavy atom. The lowest BCUT2D eigenvalue weighted by Gasteiger charge is -2.19. The summed E-state index contributed by atoms with van der Waals surface area (Å²) < 4.78 is 0. The second-order valence-electron chi connectivity index (χ2n) is 7.87. The first-order valence-corrected chi connectivity index (χ1v) is 10.4. The summed E-state index contributed by atoms with van der Waals surface area (Å²) in [5.41, 5.74) is 10.6. The fraction of sp³-hybridized carbons (Fsp3) is 0.269. The SMILES string of the molecule is Cl.NC[C@@H]1CN(C(=O)c2ccccc2CCc2ccccc2)C[C@H]1c1ccccc1. The Hall–Kier alpha value is -2.62. The lowest BCUT2D eigenvalue weighted by molar-refractivity contribution is 0.0785. The number of carbonyl (C=O) groups excluding carboxylic acids is 1. The van der Waals surface area contributed by atoms with Crippen LogP contribution in [0.15, 0.2) is 84.9 Å². The molecule has 1 heterocycles. The van der Waals surface area contributed by atoms with Gasteiger partial charge in [-0.2, -0.15) is 0 Å². The Morgan fingerprint density at radius 2 is 1.47 bits per heavy atom. The average Bonchev–Trinajstić information content (AvgIpc) is 3.23. The highest BCUT2D eigenvalue weighted by atomic mass is 35.5. The van der Waals surface area contributed by atoms with Gasteiger partial charge in [0.2, 0.25) is 0 Å². The van der Waals surface area contributed by atoms with E-state index in [0.717, 1.165) is 37.1 Å². The second kappa shape index (κ2) is 10.4. The summed E-state index contributed by atoms with van der Waals surface area (Å²) in [7, 11) is 0. The Labute approximate surface area is 185 Å². The van der Waals surface area contributed by atoms with Gasteiger partial charge in [-0.3, -0.25) is 4.79 Å². The summed E-state index contributed by atoms with van der Waals surface area (Å²) in [4.78, 5) is 15.4. The van der Waals surface area contributed by atoms with Gasteiger partial charge in [-0.05, 0) is 48.1 Å². The molecule has 0 unspecified atom stereocenters. The molecule has 1 aliphatic heterocycles. The molecule has 0 spiro atoms. The van der Waals surface area contributed by atoms with Gasteiger partial charge in [-0.25, -0.2) is 0 Å². The number of hydrogen-bond acceptors (Lipinski definition) is 2. The van der Waals surface area contributed by atoms with Gasteiger partial charge >= 0.3 is 0 Å². The minimum atomic E-state index is 0. The molecule has 0 radical (unpaired) electrons. The van der Waals surface area contributed by atoms with E-state index in [2.05, 4.69) is 54.6 Å². The molecule has 0 bridgehead atoms. The van der Waals surface area contributed by atoms with Gasteiger partial charge in [-0.1, -0.05) is 78.9 Å². The van der Waals surface area contributed by atoms with Crippen LogP contribution < -0.4 is 5.73 Å². The minimum Gasteiger partial charge on any atom is -0.338 e. The van der Waals surface area contributed by atoms with Gasteiger partial charge in [-0.15, -0.1) is 12.4 Å². The Morgan fingerprint density at radius 1 is 0.833 bits per heavy atom. The Bertz CT molecular complexity index is 946. The topological polar surface area (TPSA) is 46.3 Å². The molecule has 0 aromatic heterocycles. The summed E-state index contributed by atoms with van der Waals surface area (Å²) in [6.07, 6.45) is 1.80. The van der Waals surface area contributed by atoms with Crippen molar-refractivity contribution in [1.82, 2.24) is 4.90 Å². The molecule has 30 heavy (non-hydrogen) atoms. The molecule has 4 heteroatoms. The average molecular weight is 421 g/mol. The fourth-order valence-electron chi connectivity index (χ4n) is 4.39. The molecule has 4 rings (SSSR count). The highest BCUT2D eigenvalue weighted by Crippen LogP contribution is 2.33. The van der Waals surface area contributed by atoms with E-state index in [1.165, 1.54) is 11.1 Å². The van der Waals surface area contributed by atoms with Crippen LogP contribution in [0.4, 0.5) is 0 Å². The molecular formula is C26H29ClN2O. The van der Waals surface area contributed by atoms with Crippen molar-refractivity contribution in [2.45, 2.75) is 18.8 Å². The van der Waals surface area contributed by atoms with Crippen LogP contribution >= 0.6 is 12.4 Å². The number of carbonyl (C=O) groups is 1. The van der Waals surface area contributed by atoms with Crippen molar-refractivity contribution in [3.63, 3.8) is 0 Å². The molecule has 3 aromatic carbocycles. The predicted octanol–water partition coefficient (Wildman–Crippen LogP) is 4.71. The van der Waals surface area contributed by atoms with Crippen LogP contribution in [0.2, 0.25) is 0 Å². The largest absolute Gasteiger partial charge is 0.338 e.